The second-order valence-corrected chi connectivity index (χ2v) is 2.79. The summed E-state index contributed by atoms with van der Waals surface area (Å²) in [5.74, 6) is -3.68. The fourth-order valence-electron chi connectivity index (χ4n) is 0.688. The summed E-state index contributed by atoms with van der Waals surface area (Å²) in [6, 6.07) is 0.323. The number of rotatable bonds is 1. The third-order valence-electron chi connectivity index (χ3n) is 1.27. The van der Waals surface area contributed by atoms with Crippen molar-refractivity contribution in [2.45, 2.75) is 0 Å². The summed E-state index contributed by atoms with van der Waals surface area (Å²) in [5.41, 5.74) is -0.520. The average molecular weight is 239 g/mol. The van der Waals surface area contributed by atoms with Gasteiger partial charge in [-0.25, -0.2) is 13.2 Å². The van der Waals surface area contributed by atoms with E-state index >= 15 is 0 Å². The zero-order valence-corrected chi connectivity index (χ0v) is 7.16. The molecule has 0 radical (unpaired) electrons. The summed E-state index contributed by atoms with van der Waals surface area (Å²) >= 11 is 2.56. The normalized spacial score (nSPS) is 10.0. The number of aldehydes is 1. The van der Waals surface area contributed by atoms with Crippen molar-refractivity contribution in [3.63, 3.8) is 0 Å². The quantitative estimate of drug-likeness (QED) is 0.418. The van der Waals surface area contributed by atoms with Gasteiger partial charge < -0.3 is 0 Å². The van der Waals surface area contributed by atoms with Crippen LogP contribution >= 0.6 is 15.9 Å². The number of hydrogen-bond donors (Lipinski definition) is 0. The predicted molar refractivity (Wildman–Crippen MR) is 39.4 cm³/mol. The minimum absolute atomic E-state index is 0.113. The fourth-order valence-corrected chi connectivity index (χ4v) is 1.16. The molecule has 0 N–H and O–H groups in total. The second-order valence-electron chi connectivity index (χ2n) is 2.00. The van der Waals surface area contributed by atoms with Crippen LogP contribution in [0.25, 0.3) is 0 Å². The van der Waals surface area contributed by atoms with Crippen molar-refractivity contribution in [1.29, 1.82) is 0 Å². The van der Waals surface area contributed by atoms with Crippen molar-refractivity contribution >= 4 is 22.2 Å². The number of benzene rings is 1. The van der Waals surface area contributed by atoms with Crippen LogP contribution in [0.3, 0.4) is 0 Å². The van der Waals surface area contributed by atoms with Crippen LogP contribution in [0.4, 0.5) is 13.2 Å². The van der Waals surface area contributed by atoms with E-state index in [0.717, 1.165) is 0 Å². The highest BCUT2D eigenvalue weighted by molar-refractivity contribution is 9.10. The molecule has 0 amide bonds. The van der Waals surface area contributed by atoms with E-state index in [4.69, 9.17) is 0 Å². The van der Waals surface area contributed by atoms with Gasteiger partial charge in [-0.2, -0.15) is 0 Å². The molecule has 0 saturated heterocycles. The summed E-state index contributed by atoms with van der Waals surface area (Å²) in [5, 5.41) is 0. The van der Waals surface area contributed by atoms with Gasteiger partial charge in [0.25, 0.3) is 0 Å². The fraction of sp³-hybridized carbons (Fsp3) is 0. The van der Waals surface area contributed by atoms with Crippen molar-refractivity contribution < 1.29 is 18.0 Å². The number of halogens is 4. The molecule has 0 aliphatic carbocycles. The maximum Gasteiger partial charge on any atom is 0.173 e. The van der Waals surface area contributed by atoms with Crippen molar-refractivity contribution in [1.82, 2.24) is 0 Å². The Morgan fingerprint density at radius 2 is 1.83 bits per heavy atom. The van der Waals surface area contributed by atoms with Crippen molar-refractivity contribution in [2.24, 2.45) is 0 Å². The van der Waals surface area contributed by atoms with Crippen LogP contribution < -0.4 is 0 Å². The van der Waals surface area contributed by atoms with E-state index in [9.17, 15) is 18.0 Å². The highest BCUT2D eigenvalue weighted by Gasteiger charge is 2.15. The lowest BCUT2D eigenvalue weighted by molar-refractivity contribution is 0.111. The van der Waals surface area contributed by atoms with Crippen LogP contribution in [0.15, 0.2) is 10.5 Å². The van der Waals surface area contributed by atoms with Gasteiger partial charge in [0.1, 0.15) is 5.82 Å². The number of hydrogen-bond acceptors (Lipinski definition) is 1. The van der Waals surface area contributed by atoms with Gasteiger partial charge in [-0.3, -0.25) is 4.79 Å². The van der Waals surface area contributed by atoms with Gasteiger partial charge in [0.05, 0.1) is 10.0 Å². The molecule has 1 aromatic rings. The van der Waals surface area contributed by atoms with E-state index < -0.39 is 27.5 Å². The Morgan fingerprint density at radius 3 is 2.33 bits per heavy atom. The Kier molecular flexibility index (Phi) is 2.52. The van der Waals surface area contributed by atoms with Gasteiger partial charge in [-0.15, -0.1) is 0 Å². The maximum atomic E-state index is 12.6. The minimum Gasteiger partial charge on any atom is -0.298 e. The molecule has 0 fully saturated rings. The van der Waals surface area contributed by atoms with E-state index in [1.54, 1.807) is 0 Å². The van der Waals surface area contributed by atoms with Gasteiger partial charge in [0, 0.05) is 6.07 Å². The molecule has 0 heterocycles. The van der Waals surface area contributed by atoms with Gasteiger partial charge in [-0.05, 0) is 15.9 Å². The highest BCUT2D eigenvalue weighted by atomic mass is 79.9. The molecule has 0 aliphatic rings. The molecule has 1 rings (SSSR count). The van der Waals surface area contributed by atoms with E-state index in [-0.39, 0.29) is 6.29 Å². The number of carbonyl (C=O) groups excluding carboxylic acids is 1. The van der Waals surface area contributed by atoms with Crippen molar-refractivity contribution in [3.8, 4) is 0 Å². The maximum absolute atomic E-state index is 12.6. The van der Waals surface area contributed by atoms with Crippen LogP contribution in [0.1, 0.15) is 10.4 Å². The first-order chi connectivity index (χ1) is 5.57. The van der Waals surface area contributed by atoms with Crippen LogP contribution in [0.2, 0.25) is 0 Å². The Bertz CT molecular complexity index is 338. The lowest BCUT2D eigenvalue weighted by Crippen LogP contribution is -1.96. The van der Waals surface area contributed by atoms with E-state index in [2.05, 4.69) is 15.9 Å². The third kappa shape index (κ3) is 1.36. The molecule has 0 saturated carbocycles. The Labute approximate surface area is 74.3 Å². The molecule has 5 heteroatoms. The summed E-state index contributed by atoms with van der Waals surface area (Å²) in [7, 11) is 0. The molecular weight excluding hydrogens is 237 g/mol. The first-order valence-electron chi connectivity index (χ1n) is 2.86. The molecule has 0 bridgehead atoms. The lowest BCUT2D eigenvalue weighted by atomic mass is 10.2. The zero-order chi connectivity index (χ0) is 9.30. The number of carbonyl (C=O) groups is 1. The first kappa shape index (κ1) is 9.25. The van der Waals surface area contributed by atoms with Crippen LogP contribution in [0, 0.1) is 17.5 Å². The third-order valence-corrected chi connectivity index (χ3v) is 2.04. The summed E-state index contributed by atoms with van der Waals surface area (Å²) in [6.45, 7) is 0. The van der Waals surface area contributed by atoms with E-state index in [1.807, 2.05) is 0 Å². The molecule has 0 aliphatic heterocycles. The molecule has 1 nitrogen and oxygen atoms in total. The van der Waals surface area contributed by atoms with Gasteiger partial charge in [0.15, 0.2) is 17.9 Å². The molecular formula is C7H2BrF3O. The molecule has 1 aromatic carbocycles. The first-order valence-corrected chi connectivity index (χ1v) is 3.65. The van der Waals surface area contributed by atoms with Gasteiger partial charge in [0.2, 0.25) is 0 Å². The van der Waals surface area contributed by atoms with Gasteiger partial charge in [-0.1, -0.05) is 0 Å². The zero-order valence-electron chi connectivity index (χ0n) is 5.57. The van der Waals surface area contributed by atoms with Crippen LogP contribution in [0.5, 0.6) is 0 Å². The molecule has 64 valence electrons. The Hall–Kier alpha value is -0.840. The monoisotopic (exact) mass is 238 g/mol. The summed E-state index contributed by atoms with van der Waals surface area (Å²) in [6.07, 6.45) is 0.113. The average Bonchev–Trinajstić information content (AvgIpc) is 2.01. The molecule has 12 heavy (non-hydrogen) atoms. The summed E-state index contributed by atoms with van der Waals surface area (Å²) < 4.78 is 37.1. The molecule has 0 aromatic heterocycles. The van der Waals surface area contributed by atoms with Crippen LogP contribution in [-0.2, 0) is 0 Å². The van der Waals surface area contributed by atoms with E-state index in [1.165, 1.54) is 0 Å². The summed E-state index contributed by atoms with van der Waals surface area (Å²) in [4.78, 5) is 10.2. The molecule has 0 spiro atoms. The molecule has 0 atom stereocenters. The van der Waals surface area contributed by atoms with Gasteiger partial charge >= 0.3 is 0 Å². The molecule has 0 unspecified atom stereocenters. The second kappa shape index (κ2) is 3.26. The standard InChI is InChI=1S/C7H2BrF3O/c8-6-3(2-12)4(9)1-5(10)7(6)11/h1-2H. The van der Waals surface area contributed by atoms with Crippen molar-refractivity contribution in [3.05, 3.63) is 33.6 Å². The Balaban J connectivity index is 3.51. The topological polar surface area (TPSA) is 17.1 Å². The minimum atomic E-state index is -1.33. The Morgan fingerprint density at radius 1 is 1.25 bits per heavy atom. The predicted octanol–water partition coefficient (Wildman–Crippen LogP) is 2.68. The smallest absolute Gasteiger partial charge is 0.173 e. The lowest BCUT2D eigenvalue weighted by Gasteiger charge is -2.00. The van der Waals surface area contributed by atoms with E-state index in [0.29, 0.717) is 6.07 Å². The van der Waals surface area contributed by atoms with Crippen LogP contribution in [-0.4, -0.2) is 6.29 Å². The highest BCUT2D eigenvalue weighted by Crippen LogP contribution is 2.24. The SMILES string of the molecule is O=Cc1c(F)cc(F)c(F)c1Br. The largest absolute Gasteiger partial charge is 0.298 e. The van der Waals surface area contributed by atoms with Crippen molar-refractivity contribution in [2.75, 3.05) is 0 Å².